The lowest BCUT2D eigenvalue weighted by molar-refractivity contribution is -0.137. The van der Waals surface area contributed by atoms with Gasteiger partial charge in [0, 0.05) is 30.2 Å². The molecule has 0 radical (unpaired) electrons. The maximum Gasteiger partial charge on any atom is 0.416 e. The van der Waals surface area contributed by atoms with E-state index in [9.17, 15) is 36.3 Å². The number of anilines is 2. The number of amides is 3. The number of para-hydroxylation sites is 1. The molecule has 0 saturated carbocycles. The van der Waals surface area contributed by atoms with E-state index in [2.05, 4.69) is 10.6 Å². The van der Waals surface area contributed by atoms with E-state index in [1.54, 1.807) is 13.8 Å². The topological polar surface area (TPSA) is 128 Å². The second-order valence-electron chi connectivity index (χ2n) is 10.7. The predicted molar refractivity (Wildman–Crippen MR) is 163 cm³/mol. The Hall–Kier alpha value is -3.85. The molecule has 0 aromatic heterocycles. The monoisotopic (exact) mass is 668 g/mol. The van der Waals surface area contributed by atoms with Gasteiger partial charge in [-0.3, -0.25) is 4.79 Å². The van der Waals surface area contributed by atoms with Crippen molar-refractivity contribution in [3.63, 3.8) is 0 Å². The van der Waals surface area contributed by atoms with Crippen molar-refractivity contribution in [1.82, 2.24) is 9.21 Å². The van der Waals surface area contributed by atoms with Gasteiger partial charge in [-0.25, -0.2) is 13.2 Å². The van der Waals surface area contributed by atoms with Crippen molar-refractivity contribution in [2.75, 3.05) is 37.4 Å². The number of halogens is 4. The number of hydrogen-bond acceptors (Lipinski definition) is 6. The highest BCUT2D eigenvalue weighted by Crippen LogP contribution is 2.36. The van der Waals surface area contributed by atoms with E-state index in [1.165, 1.54) is 54.4 Å². The van der Waals surface area contributed by atoms with Crippen molar-refractivity contribution >= 4 is 44.9 Å². The van der Waals surface area contributed by atoms with Crippen LogP contribution in [0.25, 0.3) is 0 Å². The van der Waals surface area contributed by atoms with E-state index in [0.29, 0.717) is 5.02 Å². The van der Waals surface area contributed by atoms with Crippen LogP contribution in [0.4, 0.5) is 29.3 Å². The van der Waals surface area contributed by atoms with E-state index in [0.717, 1.165) is 28.6 Å². The van der Waals surface area contributed by atoms with E-state index >= 15 is 0 Å². The van der Waals surface area contributed by atoms with Crippen LogP contribution in [0.2, 0.25) is 5.02 Å². The molecule has 4 rings (SSSR count). The maximum absolute atomic E-state index is 13.7. The summed E-state index contributed by atoms with van der Waals surface area (Å²) in [6, 6.07) is 12.6. The fraction of sp³-hybridized carbons (Fsp3) is 0.333. The van der Waals surface area contributed by atoms with Gasteiger partial charge in [0.2, 0.25) is 10.0 Å². The first-order chi connectivity index (χ1) is 21.1. The van der Waals surface area contributed by atoms with Gasteiger partial charge in [0.1, 0.15) is 6.10 Å². The van der Waals surface area contributed by atoms with Gasteiger partial charge in [-0.15, -0.1) is 0 Å². The molecule has 0 saturated heterocycles. The minimum Gasteiger partial charge on any atom is -0.486 e. The molecule has 3 aromatic carbocycles. The van der Waals surface area contributed by atoms with Gasteiger partial charge in [0.25, 0.3) is 5.91 Å². The van der Waals surface area contributed by atoms with Crippen LogP contribution < -0.4 is 15.4 Å². The maximum atomic E-state index is 13.7. The number of urea groups is 1. The Bertz CT molecular complexity index is 1640. The van der Waals surface area contributed by atoms with E-state index in [1.807, 2.05) is 0 Å². The molecule has 10 nitrogen and oxygen atoms in total. The average Bonchev–Trinajstić information content (AvgIpc) is 2.98. The van der Waals surface area contributed by atoms with E-state index in [4.69, 9.17) is 16.3 Å². The lowest BCUT2D eigenvalue weighted by Gasteiger charge is -2.38. The van der Waals surface area contributed by atoms with Crippen molar-refractivity contribution < 1.29 is 41.0 Å². The summed E-state index contributed by atoms with van der Waals surface area (Å²) >= 11 is 5.93. The Morgan fingerprint density at radius 3 is 2.36 bits per heavy atom. The summed E-state index contributed by atoms with van der Waals surface area (Å²) in [7, 11) is -2.58. The van der Waals surface area contributed by atoms with Crippen LogP contribution in [0.1, 0.15) is 29.8 Å². The number of sulfonamides is 1. The molecule has 45 heavy (non-hydrogen) atoms. The Morgan fingerprint density at radius 1 is 1.11 bits per heavy atom. The summed E-state index contributed by atoms with van der Waals surface area (Å²) in [5.41, 5.74) is -0.679. The largest absolute Gasteiger partial charge is 0.486 e. The van der Waals surface area contributed by atoms with Crippen molar-refractivity contribution in [3.05, 3.63) is 82.9 Å². The van der Waals surface area contributed by atoms with Gasteiger partial charge in [-0.1, -0.05) is 24.6 Å². The molecular formula is C30H32ClF3N4O6S. The molecule has 0 spiro atoms. The molecular weight excluding hydrogens is 637 g/mol. The first-order valence-electron chi connectivity index (χ1n) is 13.8. The van der Waals surface area contributed by atoms with Crippen molar-refractivity contribution in [3.8, 4) is 5.75 Å². The van der Waals surface area contributed by atoms with Crippen LogP contribution in [0.3, 0.4) is 0 Å². The first-order valence-corrected chi connectivity index (χ1v) is 15.6. The summed E-state index contributed by atoms with van der Waals surface area (Å²) in [5, 5.41) is 15.3. The number of aliphatic hydroxyl groups excluding tert-OH is 1. The number of hydrogen-bond donors (Lipinski definition) is 3. The molecule has 242 valence electrons. The van der Waals surface area contributed by atoms with E-state index < -0.39 is 51.8 Å². The van der Waals surface area contributed by atoms with Crippen molar-refractivity contribution in [1.29, 1.82) is 0 Å². The molecule has 1 aliphatic heterocycles. The number of nitrogens with zero attached hydrogens (tertiary/aromatic N) is 2. The third kappa shape index (κ3) is 7.87. The van der Waals surface area contributed by atoms with Gasteiger partial charge >= 0.3 is 12.2 Å². The van der Waals surface area contributed by atoms with Crippen LogP contribution in [0, 0.1) is 5.92 Å². The molecule has 1 aliphatic rings. The average molecular weight is 669 g/mol. The molecule has 0 aliphatic carbocycles. The van der Waals surface area contributed by atoms with Gasteiger partial charge in [0.15, 0.2) is 5.75 Å². The number of rotatable bonds is 8. The highest BCUT2D eigenvalue weighted by Gasteiger charge is 2.36. The number of aliphatic hydroxyl groups is 1. The Morgan fingerprint density at radius 2 is 1.76 bits per heavy atom. The van der Waals surface area contributed by atoms with Crippen molar-refractivity contribution in [2.24, 2.45) is 5.92 Å². The van der Waals surface area contributed by atoms with Crippen LogP contribution in [0.5, 0.6) is 5.75 Å². The number of benzene rings is 3. The third-order valence-corrected chi connectivity index (χ3v) is 9.46. The zero-order valence-electron chi connectivity index (χ0n) is 24.5. The molecule has 3 amide bonds. The van der Waals surface area contributed by atoms with Crippen LogP contribution in [0.15, 0.2) is 71.6 Å². The number of fused-ring (bicyclic) bond motifs is 1. The third-order valence-electron chi connectivity index (χ3n) is 7.37. The number of nitrogens with one attached hydrogen (secondary N) is 2. The number of carbonyl (C=O) groups excluding carboxylic acids is 2. The van der Waals surface area contributed by atoms with Gasteiger partial charge < -0.3 is 25.4 Å². The highest BCUT2D eigenvalue weighted by molar-refractivity contribution is 7.89. The molecule has 0 bridgehead atoms. The molecule has 3 N–H and O–H groups in total. The van der Waals surface area contributed by atoms with Crippen LogP contribution in [-0.4, -0.2) is 73.6 Å². The van der Waals surface area contributed by atoms with Gasteiger partial charge in [0.05, 0.1) is 40.9 Å². The van der Waals surface area contributed by atoms with Crippen LogP contribution in [-0.2, 0) is 16.2 Å². The quantitative estimate of drug-likeness (QED) is 0.289. The lowest BCUT2D eigenvalue weighted by atomic mass is 9.99. The number of carbonyl (C=O) groups is 2. The molecule has 0 unspecified atom stereocenters. The Labute approximate surface area is 263 Å². The van der Waals surface area contributed by atoms with E-state index in [-0.39, 0.29) is 47.3 Å². The second-order valence-corrected chi connectivity index (χ2v) is 13.2. The number of ether oxygens (including phenoxy) is 1. The Kier molecular flexibility index (Phi) is 10.3. The van der Waals surface area contributed by atoms with Gasteiger partial charge in [-0.2, -0.15) is 17.5 Å². The fourth-order valence-electron chi connectivity index (χ4n) is 4.72. The number of likely N-dealkylation sites (N-methyl/N-ethyl adjacent to an activating group) is 1. The SMILES string of the molecule is C[C@H]1CN([C@@H](C)CO)C(=O)c2cccc(NC(=O)Nc3ccc(C(F)(F)F)cc3)c2O[C@H]1CN(C)S(=O)(=O)c1ccc(Cl)cc1. The predicted octanol–water partition coefficient (Wildman–Crippen LogP) is 5.54. The summed E-state index contributed by atoms with van der Waals surface area (Å²) in [6.45, 7) is 3.09. The summed E-state index contributed by atoms with van der Waals surface area (Å²) < 4.78 is 73.0. The Balaban J connectivity index is 1.65. The standard InChI is InChI=1S/C30H32ClF3N4O6S/c1-18-15-38(19(2)17-39)28(40)24-5-4-6-25(36-29(41)35-22-11-7-20(8-12-22)30(32,33)34)27(24)44-26(18)16-37(3)45(42,43)23-13-9-21(31)10-14-23/h4-14,18-19,26,39H,15-17H2,1-3H3,(H2,35,36,41)/t18-,19-,26-/m0/s1. The molecule has 3 atom stereocenters. The van der Waals surface area contributed by atoms with Crippen molar-refractivity contribution in [2.45, 2.75) is 37.1 Å². The smallest absolute Gasteiger partial charge is 0.416 e. The minimum atomic E-state index is -4.54. The summed E-state index contributed by atoms with van der Waals surface area (Å²) in [4.78, 5) is 28.1. The van der Waals surface area contributed by atoms with Gasteiger partial charge in [-0.05, 0) is 67.6 Å². The summed E-state index contributed by atoms with van der Waals surface area (Å²) in [6.07, 6.45) is -5.37. The zero-order chi connectivity index (χ0) is 33.1. The van der Waals surface area contributed by atoms with Crippen LogP contribution >= 0.6 is 11.6 Å². The first kappa shape index (κ1) is 34.0. The molecule has 0 fully saturated rings. The summed E-state index contributed by atoms with van der Waals surface area (Å²) in [5.74, 6) is -0.965. The molecule has 15 heteroatoms. The number of alkyl halides is 3. The molecule has 1 heterocycles. The fourth-order valence-corrected chi connectivity index (χ4v) is 6.03. The lowest BCUT2D eigenvalue weighted by Crippen LogP contribution is -2.50. The highest BCUT2D eigenvalue weighted by atomic mass is 35.5. The molecule has 3 aromatic rings. The minimum absolute atomic E-state index is 0.0151. The second kappa shape index (κ2) is 13.6. The normalized spacial score (nSPS) is 18.0. The zero-order valence-corrected chi connectivity index (χ0v) is 26.1.